The minimum atomic E-state index is 0.0958. The Morgan fingerprint density at radius 1 is 1.39 bits per heavy atom. The van der Waals surface area contributed by atoms with Crippen molar-refractivity contribution in [2.24, 2.45) is 0 Å². The molecule has 122 valence electrons. The molecular weight excluding hydrogens is 288 g/mol. The first kappa shape index (κ1) is 15.7. The van der Waals surface area contributed by atoms with E-state index >= 15 is 0 Å². The van der Waals surface area contributed by atoms with Crippen molar-refractivity contribution in [2.45, 2.75) is 32.2 Å². The van der Waals surface area contributed by atoms with E-state index in [1.165, 1.54) is 16.8 Å². The molecule has 1 aliphatic rings. The Bertz CT molecular complexity index is 638. The summed E-state index contributed by atoms with van der Waals surface area (Å²) in [5, 5.41) is 10.1. The van der Waals surface area contributed by atoms with Crippen LogP contribution in [-0.2, 0) is 11.3 Å². The molecule has 0 radical (unpaired) electrons. The van der Waals surface area contributed by atoms with Crippen LogP contribution in [0, 0.1) is 6.92 Å². The fraction of sp³-hybridized carbons (Fsp3) is 0.444. The summed E-state index contributed by atoms with van der Waals surface area (Å²) in [5.41, 5.74) is 3.56. The smallest absolute Gasteiger partial charge is 0.234 e. The first-order valence-corrected chi connectivity index (χ1v) is 8.25. The molecule has 1 saturated heterocycles. The van der Waals surface area contributed by atoms with E-state index in [2.05, 4.69) is 39.5 Å². The topological polar surface area (TPSA) is 61.0 Å². The predicted molar refractivity (Wildman–Crippen MR) is 90.0 cm³/mol. The van der Waals surface area contributed by atoms with Crippen molar-refractivity contribution in [3.63, 3.8) is 0 Å². The van der Waals surface area contributed by atoms with Gasteiger partial charge in [-0.3, -0.25) is 14.8 Å². The molecule has 3 rings (SSSR count). The molecule has 1 fully saturated rings. The van der Waals surface area contributed by atoms with E-state index in [1.807, 2.05) is 18.2 Å². The molecule has 1 unspecified atom stereocenters. The summed E-state index contributed by atoms with van der Waals surface area (Å²) in [6.07, 6.45) is 4.07. The maximum atomic E-state index is 12.2. The monoisotopic (exact) mass is 312 g/mol. The third-order valence-electron chi connectivity index (χ3n) is 4.57. The fourth-order valence-corrected chi connectivity index (χ4v) is 3.21. The molecule has 0 aliphatic carbocycles. The van der Waals surface area contributed by atoms with Crippen LogP contribution in [0.15, 0.2) is 36.5 Å². The molecule has 5 nitrogen and oxygen atoms in total. The standard InChI is InChI=1S/C18H24N4O/c1-14-5-2-3-6-15(14)11-19-18(23)13-22-10-4-7-16(12-22)17-8-9-20-21-17/h2-3,5-6,8-9,16H,4,7,10-13H2,1H3,(H,19,23)(H,20,21). The highest BCUT2D eigenvalue weighted by Crippen LogP contribution is 2.24. The van der Waals surface area contributed by atoms with Crippen LogP contribution in [0.4, 0.5) is 0 Å². The van der Waals surface area contributed by atoms with Crippen LogP contribution in [0.5, 0.6) is 0 Å². The average molecular weight is 312 g/mol. The van der Waals surface area contributed by atoms with Gasteiger partial charge in [0.25, 0.3) is 0 Å². The summed E-state index contributed by atoms with van der Waals surface area (Å²) in [7, 11) is 0. The number of aromatic nitrogens is 2. The zero-order valence-corrected chi connectivity index (χ0v) is 13.6. The Morgan fingerprint density at radius 3 is 3.04 bits per heavy atom. The van der Waals surface area contributed by atoms with E-state index in [0.717, 1.165) is 25.9 Å². The van der Waals surface area contributed by atoms with Gasteiger partial charge >= 0.3 is 0 Å². The number of H-pyrrole nitrogens is 1. The summed E-state index contributed by atoms with van der Waals surface area (Å²) in [6.45, 7) is 5.04. The summed E-state index contributed by atoms with van der Waals surface area (Å²) >= 11 is 0. The van der Waals surface area contributed by atoms with Crippen LogP contribution in [-0.4, -0.2) is 40.6 Å². The van der Waals surface area contributed by atoms with Gasteiger partial charge in [-0.15, -0.1) is 0 Å². The highest BCUT2D eigenvalue weighted by atomic mass is 16.2. The molecule has 0 saturated carbocycles. The summed E-state index contributed by atoms with van der Waals surface area (Å²) in [5.74, 6) is 0.550. The van der Waals surface area contributed by atoms with Crippen LogP contribution >= 0.6 is 0 Å². The molecule has 1 aromatic heterocycles. The second-order valence-electron chi connectivity index (χ2n) is 6.29. The summed E-state index contributed by atoms with van der Waals surface area (Å²) in [4.78, 5) is 14.5. The van der Waals surface area contributed by atoms with E-state index < -0.39 is 0 Å². The first-order chi connectivity index (χ1) is 11.2. The van der Waals surface area contributed by atoms with Crippen molar-refractivity contribution in [3.8, 4) is 0 Å². The van der Waals surface area contributed by atoms with Crippen LogP contribution in [0.1, 0.15) is 35.6 Å². The van der Waals surface area contributed by atoms with E-state index in [9.17, 15) is 4.79 Å². The largest absolute Gasteiger partial charge is 0.351 e. The third-order valence-corrected chi connectivity index (χ3v) is 4.57. The second kappa shape index (κ2) is 7.42. The Kier molecular flexibility index (Phi) is 5.08. The number of hydrogen-bond acceptors (Lipinski definition) is 3. The zero-order chi connectivity index (χ0) is 16.1. The SMILES string of the molecule is Cc1ccccc1CNC(=O)CN1CCCC(c2ccn[nH]2)C1. The highest BCUT2D eigenvalue weighted by molar-refractivity contribution is 5.78. The number of piperidine rings is 1. The van der Waals surface area contributed by atoms with Crippen LogP contribution in [0.3, 0.4) is 0 Å². The number of amides is 1. The van der Waals surface area contributed by atoms with E-state index in [-0.39, 0.29) is 5.91 Å². The molecule has 2 aromatic rings. The molecule has 1 aromatic carbocycles. The van der Waals surface area contributed by atoms with Gasteiger partial charge in [0.15, 0.2) is 0 Å². The molecular formula is C18H24N4O. The molecule has 1 amide bonds. The van der Waals surface area contributed by atoms with E-state index in [1.54, 1.807) is 6.20 Å². The molecule has 23 heavy (non-hydrogen) atoms. The van der Waals surface area contributed by atoms with Crippen LogP contribution in [0.25, 0.3) is 0 Å². The minimum absolute atomic E-state index is 0.0958. The van der Waals surface area contributed by atoms with Crippen molar-refractivity contribution in [1.82, 2.24) is 20.4 Å². The lowest BCUT2D eigenvalue weighted by atomic mass is 9.95. The van der Waals surface area contributed by atoms with Gasteiger partial charge < -0.3 is 5.32 Å². The number of rotatable bonds is 5. The minimum Gasteiger partial charge on any atom is -0.351 e. The quantitative estimate of drug-likeness (QED) is 0.890. The number of hydrogen-bond donors (Lipinski definition) is 2. The van der Waals surface area contributed by atoms with Gasteiger partial charge in [0.05, 0.1) is 6.54 Å². The Hall–Kier alpha value is -2.14. The van der Waals surface area contributed by atoms with Crippen molar-refractivity contribution in [1.29, 1.82) is 0 Å². The molecule has 0 spiro atoms. The highest BCUT2D eigenvalue weighted by Gasteiger charge is 2.23. The van der Waals surface area contributed by atoms with Crippen molar-refractivity contribution in [2.75, 3.05) is 19.6 Å². The van der Waals surface area contributed by atoms with Crippen molar-refractivity contribution >= 4 is 5.91 Å². The Morgan fingerprint density at radius 2 is 2.26 bits per heavy atom. The molecule has 2 N–H and O–H groups in total. The molecule has 5 heteroatoms. The number of nitrogens with one attached hydrogen (secondary N) is 2. The summed E-state index contributed by atoms with van der Waals surface area (Å²) < 4.78 is 0. The number of likely N-dealkylation sites (tertiary alicyclic amines) is 1. The molecule has 0 bridgehead atoms. The van der Waals surface area contributed by atoms with Crippen molar-refractivity contribution < 1.29 is 4.79 Å². The average Bonchev–Trinajstić information content (AvgIpc) is 3.09. The normalized spacial score (nSPS) is 18.7. The first-order valence-electron chi connectivity index (χ1n) is 8.25. The lowest BCUT2D eigenvalue weighted by molar-refractivity contribution is -0.122. The van der Waals surface area contributed by atoms with Gasteiger partial charge in [0.2, 0.25) is 5.91 Å². The predicted octanol–water partition coefficient (Wildman–Crippen LogP) is 2.21. The fourth-order valence-electron chi connectivity index (χ4n) is 3.21. The van der Waals surface area contributed by atoms with Gasteiger partial charge in [-0.2, -0.15) is 5.10 Å². The van der Waals surface area contributed by atoms with Crippen LogP contribution < -0.4 is 5.32 Å². The van der Waals surface area contributed by atoms with Gasteiger partial charge in [-0.25, -0.2) is 0 Å². The number of benzene rings is 1. The number of aryl methyl sites for hydroxylation is 1. The zero-order valence-electron chi connectivity index (χ0n) is 13.6. The van der Waals surface area contributed by atoms with Gasteiger partial charge in [0.1, 0.15) is 0 Å². The number of carbonyl (C=O) groups excluding carboxylic acids is 1. The third kappa shape index (κ3) is 4.20. The lowest BCUT2D eigenvalue weighted by Gasteiger charge is -2.31. The maximum absolute atomic E-state index is 12.2. The van der Waals surface area contributed by atoms with Gasteiger partial charge in [-0.05, 0) is 43.5 Å². The Labute approximate surface area is 137 Å². The van der Waals surface area contributed by atoms with Crippen molar-refractivity contribution in [3.05, 3.63) is 53.3 Å². The molecule has 1 atom stereocenters. The Balaban J connectivity index is 1.49. The lowest BCUT2D eigenvalue weighted by Crippen LogP contribution is -2.41. The number of nitrogens with zero attached hydrogens (tertiary/aromatic N) is 2. The number of aromatic amines is 1. The molecule has 2 heterocycles. The summed E-state index contributed by atoms with van der Waals surface area (Å²) in [6, 6.07) is 10.2. The molecule has 1 aliphatic heterocycles. The maximum Gasteiger partial charge on any atom is 0.234 e. The van der Waals surface area contributed by atoms with E-state index in [0.29, 0.717) is 19.0 Å². The number of carbonyl (C=O) groups is 1. The van der Waals surface area contributed by atoms with E-state index in [4.69, 9.17) is 0 Å². The second-order valence-corrected chi connectivity index (χ2v) is 6.29. The van der Waals surface area contributed by atoms with Crippen LogP contribution in [0.2, 0.25) is 0 Å². The van der Waals surface area contributed by atoms with Gasteiger partial charge in [0, 0.05) is 30.9 Å². The van der Waals surface area contributed by atoms with Gasteiger partial charge in [-0.1, -0.05) is 24.3 Å².